The molecule has 1 aliphatic heterocycles. The highest BCUT2D eigenvalue weighted by Gasteiger charge is 2.46. The Labute approximate surface area is 220 Å². The molecule has 0 saturated carbocycles. The van der Waals surface area contributed by atoms with Gasteiger partial charge in [-0.3, -0.25) is 14.6 Å². The van der Waals surface area contributed by atoms with Crippen molar-refractivity contribution in [1.29, 1.82) is 0 Å². The first kappa shape index (κ1) is 24.8. The normalized spacial score (nSPS) is 16.4. The lowest BCUT2D eigenvalue weighted by atomic mass is 9.95. The number of likely N-dealkylation sites (tertiary alicyclic amines) is 1. The molecule has 190 valence electrons. The molecule has 7 heteroatoms. The number of benzene rings is 3. The Morgan fingerprint density at radius 1 is 0.895 bits per heavy atom. The standard InChI is InChI=1S/C31H26N2O5/c1-37-26-11-5-10-24(17-26)29(34)27-28(33(31(36)30(27)35)19-22-9-6-16-32-18-22)23-12-14-25(15-13-23)38-20-21-7-3-2-4-8-21/h2-18,28,34H,19-20H2,1H3. The van der Waals surface area contributed by atoms with Gasteiger partial charge in [0.2, 0.25) is 0 Å². The van der Waals surface area contributed by atoms with E-state index in [1.54, 1.807) is 54.9 Å². The monoisotopic (exact) mass is 506 g/mol. The summed E-state index contributed by atoms with van der Waals surface area (Å²) in [6.45, 7) is 0.569. The minimum Gasteiger partial charge on any atom is -0.507 e. The van der Waals surface area contributed by atoms with Gasteiger partial charge >= 0.3 is 0 Å². The van der Waals surface area contributed by atoms with Crippen LogP contribution in [0.3, 0.4) is 0 Å². The van der Waals surface area contributed by atoms with Crippen LogP contribution < -0.4 is 9.47 Å². The molecule has 1 aromatic heterocycles. The van der Waals surface area contributed by atoms with Crippen molar-refractivity contribution in [3.05, 3.63) is 131 Å². The number of hydrogen-bond donors (Lipinski definition) is 1. The van der Waals surface area contributed by atoms with Crippen LogP contribution in [0.1, 0.15) is 28.3 Å². The molecule has 1 unspecified atom stereocenters. The fourth-order valence-corrected chi connectivity index (χ4v) is 4.49. The topological polar surface area (TPSA) is 89.0 Å². The number of aliphatic hydroxyl groups excluding tert-OH is 1. The molecule has 4 aromatic rings. The average Bonchev–Trinajstić information content (AvgIpc) is 3.22. The fraction of sp³-hybridized carbons (Fsp3) is 0.129. The first-order chi connectivity index (χ1) is 18.5. The third-order valence-corrected chi connectivity index (χ3v) is 6.40. The molecule has 1 amide bonds. The van der Waals surface area contributed by atoms with Gasteiger partial charge in [0.05, 0.1) is 18.7 Å². The number of amides is 1. The first-order valence-corrected chi connectivity index (χ1v) is 12.1. The van der Waals surface area contributed by atoms with E-state index in [2.05, 4.69) is 4.98 Å². The highest BCUT2D eigenvalue weighted by Crippen LogP contribution is 2.41. The molecule has 3 aromatic carbocycles. The summed E-state index contributed by atoms with van der Waals surface area (Å²) in [5, 5.41) is 11.3. The fourth-order valence-electron chi connectivity index (χ4n) is 4.49. The third kappa shape index (κ3) is 5.13. The second-order valence-corrected chi connectivity index (χ2v) is 8.86. The number of aliphatic hydroxyl groups is 1. The maximum absolute atomic E-state index is 13.3. The zero-order valence-corrected chi connectivity index (χ0v) is 20.8. The van der Waals surface area contributed by atoms with Crippen molar-refractivity contribution >= 4 is 17.4 Å². The summed E-state index contributed by atoms with van der Waals surface area (Å²) in [5.41, 5.74) is 2.88. The van der Waals surface area contributed by atoms with Gasteiger partial charge in [-0.15, -0.1) is 0 Å². The van der Waals surface area contributed by atoms with Crippen LogP contribution in [0.25, 0.3) is 5.76 Å². The highest BCUT2D eigenvalue weighted by molar-refractivity contribution is 6.46. The van der Waals surface area contributed by atoms with Crippen molar-refractivity contribution in [2.45, 2.75) is 19.2 Å². The van der Waals surface area contributed by atoms with E-state index in [9.17, 15) is 14.7 Å². The van der Waals surface area contributed by atoms with Crippen LogP contribution in [-0.2, 0) is 22.7 Å². The van der Waals surface area contributed by atoms with Crippen molar-refractivity contribution in [2.75, 3.05) is 7.11 Å². The summed E-state index contributed by atoms with van der Waals surface area (Å²) in [5.74, 6) is -0.522. The Kier molecular flexibility index (Phi) is 7.17. The Morgan fingerprint density at radius 3 is 2.37 bits per heavy atom. The van der Waals surface area contributed by atoms with Crippen molar-refractivity contribution in [3.8, 4) is 11.5 Å². The van der Waals surface area contributed by atoms with Crippen molar-refractivity contribution in [2.24, 2.45) is 0 Å². The van der Waals surface area contributed by atoms with E-state index in [0.717, 1.165) is 11.1 Å². The molecule has 0 bridgehead atoms. The second-order valence-electron chi connectivity index (χ2n) is 8.86. The molecule has 1 saturated heterocycles. The van der Waals surface area contributed by atoms with E-state index in [1.807, 2.05) is 48.5 Å². The molecule has 1 atom stereocenters. The minimum absolute atomic E-state index is 0.0186. The number of Topliss-reactive ketones (excluding diaryl/α,β-unsaturated/α-hetero) is 1. The number of carbonyl (C=O) groups is 2. The molecule has 2 heterocycles. The van der Waals surface area contributed by atoms with Gasteiger partial charge in [0.1, 0.15) is 23.9 Å². The molecule has 5 rings (SSSR count). The van der Waals surface area contributed by atoms with Gasteiger partial charge in [-0.25, -0.2) is 0 Å². The van der Waals surface area contributed by atoms with Gasteiger partial charge in [-0.1, -0.05) is 60.7 Å². The smallest absolute Gasteiger partial charge is 0.295 e. The number of hydrogen-bond acceptors (Lipinski definition) is 6. The van der Waals surface area contributed by atoms with Crippen molar-refractivity contribution in [1.82, 2.24) is 9.88 Å². The summed E-state index contributed by atoms with van der Waals surface area (Å²) in [6, 6.07) is 26.6. The summed E-state index contributed by atoms with van der Waals surface area (Å²) >= 11 is 0. The lowest BCUT2D eigenvalue weighted by Crippen LogP contribution is -2.29. The Hall–Kier alpha value is -4.91. The Balaban J connectivity index is 1.52. The van der Waals surface area contributed by atoms with Crippen molar-refractivity contribution < 1.29 is 24.2 Å². The number of rotatable bonds is 8. The minimum atomic E-state index is -0.801. The SMILES string of the molecule is COc1cccc(C(O)=C2C(=O)C(=O)N(Cc3cccnc3)C2c2ccc(OCc3ccccc3)cc2)c1. The van der Waals surface area contributed by atoms with Gasteiger partial charge in [-0.2, -0.15) is 0 Å². The molecular formula is C31H26N2O5. The number of pyridine rings is 1. The van der Waals surface area contributed by atoms with Gasteiger partial charge in [0, 0.05) is 24.5 Å². The van der Waals surface area contributed by atoms with E-state index < -0.39 is 17.7 Å². The zero-order chi connectivity index (χ0) is 26.5. The van der Waals surface area contributed by atoms with Crippen LogP contribution in [0.15, 0.2) is 109 Å². The van der Waals surface area contributed by atoms with Gasteiger partial charge in [0.25, 0.3) is 11.7 Å². The van der Waals surface area contributed by atoms with Gasteiger partial charge in [0.15, 0.2) is 0 Å². The van der Waals surface area contributed by atoms with Crippen LogP contribution in [0.5, 0.6) is 11.5 Å². The van der Waals surface area contributed by atoms with Crippen LogP contribution in [0, 0.1) is 0 Å². The number of nitrogens with zero attached hydrogens (tertiary/aromatic N) is 2. The number of ether oxygens (including phenoxy) is 2. The highest BCUT2D eigenvalue weighted by atomic mass is 16.5. The molecule has 0 aliphatic carbocycles. The number of aromatic nitrogens is 1. The summed E-state index contributed by atoms with van der Waals surface area (Å²) in [7, 11) is 1.52. The maximum Gasteiger partial charge on any atom is 0.295 e. The van der Waals surface area contributed by atoms with E-state index in [-0.39, 0.29) is 17.9 Å². The van der Waals surface area contributed by atoms with E-state index in [1.165, 1.54) is 12.0 Å². The molecule has 1 N–H and O–H groups in total. The number of carbonyl (C=O) groups excluding carboxylic acids is 2. The predicted molar refractivity (Wildman–Crippen MR) is 142 cm³/mol. The molecule has 1 aliphatic rings. The quantitative estimate of drug-likeness (QED) is 0.198. The predicted octanol–water partition coefficient (Wildman–Crippen LogP) is 5.29. The molecule has 0 radical (unpaired) electrons. The molecule has 0 spiro atoms. The molecular weight excluding hydrogens is 480 g/mol. The lowest BCUT2D eigenvalue weighted by molar-refractivity contribution is -0.140. The summed E-state index contributed by atoms with van der Waals surface area (Å²) < 4.78 is 11.2. The summed E-state index contributed by atoms with van der Waals surface area (Å²) in [4.78, 5) is 32.1. The van der Waals surface area contributed by atoms with Crippen LogP contribution in [0.4, 0.5) is 0 Å². The lowest BCUT2D eigenvalue weighted by Gasteiger charge is -2.25. The molecule has 38 heavy (non-hydrogen) atoms. The molecule has 7 nitrogen and oxygen atoms in total. The Morgan fingerprint density at radius 2 is 1.66 bits per heavy atom. The second kappa shape index (κ2) is 11.0. The van der Waals surface area contributed by atoms with Gasteiger partial charge in [-0.05, 0) is 47.0 Å². The third-order valence-electron chi connectivity index (χ3n) is 6.40. The Bertz CT molecular complexity index is 1470. The zero-order valence-electron chi connectivity index (χ0n) is 20.8. The first-order valence-electron chi connectivity index (χ1n) is 12.1. The van der Waals surface area contributed by atoms with Crippen molar-refractivity contribution in [3.63, 3.8) is 0 Å². The number of methoxy groups -OCH3 is 1. The van der Waals surface area contributed by atoms with E-state index in [4.69, 9.17) is 9.47 Å². The van der Waals surface area contributed by atoms with Crippen LogP contribution in [0.2, 0.25) is 0 Å². The maximum atomic E-state index is 13.3. The average molecular weight is 507 g/mol. The van der Waals surface area contributed by atoms with E-state index >= 15 is 0 Å². The largest absolute Gasteiger partial charge is 0.507 e. The van der Waals surface area contributed by atoms with Gasteiger partial charge < -0.3 is 19.5 Å². The number of ketones is 1. The van der Waals surface area contributed by atoms with E-state index in [0.29, 0.717) is 29.2 Å². The van der Waals surface area contributed by atoms with Crippen LogP contribution in [-0.4, -0.2) is 33.8 Å². The molecule has 1 fully saturated rings. The summed E-state index contributed by atoms with van der Waals surface area (Å²) in [6.07, 6.45) is 3.30. The van der Waals surface area contributed by atoms with Crippen LogP contribution >= 0.6 is 0 Å².